The minimum atomic E-state index is 0.177. The van der Waals surface area contributed by atoms with Crippen LogP contribution < -0.4 is 10.2 Å². The van der Waals surface area contributed by atoms with Crippen molar-refractivity contribution in [1.82, 2.24) is 10.3 Å². The molecule has 24 heavy (non-hydrogen) atoms. The van der Waals surface area contributed by atoms with Crippen molar-refractivity contribution < 1.29 is 4.74 Å². The third-order valence-corrected chi connectivity index (χ3v) is 5.13. The highest BCUT2D eigenvalue weighted by molar-refractivity contribution is 5.40. The van der Waals surface area contributed by atoms with Crippen LogP contribution in [0.2, 0.25) is 0 Å². The third kappa shape index (κ3) is 3.30. The molecule has 0 unspecified atom stereocenters. The largest absolute Gasteiger partial charge is 0.378 e. The molecule has 0 amide bonds. The number of pyridine rings is 1. The van der Waals surface area contributed by atoms with Gasteiger partial charge >= 0.3 is 0 Å². The van der Waals surface area contributed by atoms with Crippen LogP contribution in [0, 0.1) is 6.92 Å². The average molecular weight is 323 g/mol. The average Bonchev–Trinajstić information content (AvgIpc) is 3.43. The van der Waals surface area contributed by atoms with Crippen molar-refractivity contribution in [2.75, 3.05) is 31.2 Å². The molecule has 1 aliphatic carbocycles. The first kappa shape index (κ1) is 15.6. The maximum absolute atomic E-state index is 5.40. The molecule has 4 rings (SSSR count). The summed E-state index contributed by atoms with van der Waals surface area (Å²) in [6.45, 7) is 6.46. The summed E-state index contributed by atoms with van der Waals surface area (Å²) in [6.07, 6.45) is 4.44. The number of anilines is 1. The van der Waals surface area contributed by atoms with Crippen molar-refractivity contribution in [1.29, 1.82) is 0 Å². The van der Waals surface area contributed by atoms with E-state index in [0.717, 1.165) is 38.7 Å². The Labute approximate surface area is 143 Å². The monoisotopic (exact) mass is 323 g/mol. The van der Waals surface area contributed by atoms with Gasteiger partial charge in [-0.2, -0.15) is 0 Å². The fraction of sp³-hybridized carbons (Fsp3) is 0.450. The van der Waals surface area contributed by atoms with E-state index in [0.29, 0.717) is 0 Å². The first-order valence-corrected chi connectivity index (χ1v) is 8.85. The van der Waals surface area contributed by atoms with Gasteiger partial charge in [0.1, 0.15) is 5.82 Å². The van der Waals surface area contributed by atoms with Gasteiger partial charge in [0.15, 0.2) is 0 Å². The quantitative estimate of drug-likeness (QED) is 0.918. The van der Waals surface area contributed by atoms with E-state index in [1.165, 1.54) is 29.5 Å². The first-order valence-electron chi connectivity index (χ1n) is 8.85. The van der Waals surface area contributed by atoms with Crippen LogP contribution in [0.3, 0.4) is 0 Å². The molecule has 1 aromatic heterocycles. The molecule has 0 radical (unpaired) electrons. The predicted octanol–water partition coefficient (Wildman–Crippen LogP) is 3.01. The highest BCUT2D eigenvalue weighted by Crippen LogP contribution is 2.45. The molecule has 1 saturated heterocycles. The van der Waals surface area contributed by atoms with Gasteiger partial charge in [0, 0.05) is 31.4 Å². The van der Waals surface area contributed by atoms with E-state index in [1.807, 2.05) is 6.20 Å². The van der Waals surface area contributed by atoms with E-state index in [9.17, 15) is 0 Å². The molecule has 0 bridgehead atoms. The third-order valence-electron chi connectivity index (χ3n) is 5.13. The topological polar surface area (TPSA) is 37.4 Å². The van der Waals surface area contributed by atoms with Crippen molar-refractivity contribution in [2.45, 2.75) is 31.8 Å². The fourth-order valence-electron chi connectivity index (χ4n) is 3.34. The van der Waals surface area contributed by atoms with Gasteiger partial charge in [0.2, 0.25) is 0 Å². The van der Waals surface area contributed by atoms with Gasteiger partial charge in [-0.1, -0.05) is 35.9 Å². The molecule has 2 fully saturated rings. The zero-order valence-corrected chi connectivity index (χ0v) is 14.3. The first-order chi connectivity index (χ1) is 11.8. The molecule has 2 aromatic rings. The summed E-state index contributed by atoms with van der Waals surface area (Å²) in [5, 5.41) is 3.75. The van der Waals surface area contributed by atoms with Crippen LogP contribution in [0.15, 0.2) is 42.6 Å². The van der Waals surface area contributed by atoms with Crippen LogP contribution in [-0.4, -0.2) is 31.3 Å². The second-order valence-electron chi connectivity index (χ2n) is 6.93. The van der Waals surface area contributed by atoms with Gasteiger partial charge in [0.05, 0.1) is 13.2 Å². The Morgan fingerprint density at radius 1 is 1.08 bits per heavy atom. The molecule has 0 atom stereocenters. The lowest BCUT2D eigenvalue weighted by Crippen LogP contribution is -2.36. The molecule has 2 heterocycles. The molecule has 1 N–H and O–H groups in total. The van der Waals surface area contributed by atoms with Gasteiger partial charge in [-0.25, -0.2) is 4.98 Å². The summed E-state index contributed by atoms with van der Waals surface area (Å²) in [5.74, 6) is 1.06. The van der Waals surface area contributed by atoms with E-state index in [4.69, 9.17) is 4.74 Å². The molecule has 0 spiro atoms. The summed E-state index contributed by atoms with van der Waals surface area (Å²) >= 11 is 0. The number of benzene rings is 1. The molecule has 1 aromatic carbocycles. The standard InChI is InChI=1S/C20H25N3O/c1-16-2-5-18(6-3-16)20(8-9-20)22-15-17-4-7-19(21-14-17)23-10-12-24-13-11-23/h2-7,14,22H,8-13,15H2,1H3. The molecule has 4 nitrogen and oxygen atoms in total. The summed E-state index contributed by atoms with van der Waals surface area (Å²) < 4.78 is 5.40. The van der Waals surface area contributed by atoms with Gasteiger partial charge in [-0.05, 0) is 37.0 Å². The summed E-state index contributed by atoms with van der Waals surface area (Å²) in [4.78, 5) is 6.93. The predicted molar refractivity (Wildman–Crippen MR) is 96.2 cm³/mol. The number of rotatable bonds is 5. The molecular formula is C20H25N3O. The SMILES string of the molecule is Cc1ccc(C2(NCc3ccc(N4CCOCC4)nc3)CC2)cc1. The van der Waals surface area contributed by atoms with Gasteiger partial charge in [-0.3, -0.25) is 0 Å². The Bertz CT molecular complexity index is 671. The van der Waals surface area contributed by atoms with Gasteiger partial charge in [0.25, 0.3) is 0 Å². The van der Waals surface area contributed by atoms with E-state index in [2.05, 4.69) is 58.5 Å². The number of hydrogen-bond acceptors (Lipinski definition) is 4. The highest BCUT2D eigenvalue weighted by atomic mass is 16.5. The van der Waals surface area contributed by atoms with E-state index in [1.54, 1.807) is 0 Å². The van der Waals surface area contributed by atoms with Crippen molar-refractivity contribution in [3.63, 3.8) is 0 Å². The number of aryl methyl sites for hydroxylation is 1. The van der Waals surface area contributed by atoms with Crippen molar-refractivity contribution in [3.8, 4) is 0 Å². The lowest BCUT2D eigenvalue weighted by Gasteiger charge is -2.27. The van der Waals surface area contributed by atoms with Crippen LogP contribution in [-0.2, 0) is 16.8 Å². The molecule has 1 saturated carbocycles. The Kier molecular flexibility index (Phi) is 4.25. The molecule has 2 aliphatic rings. The van der Waals surface area contributed by atoms with E-state index in [-0.39, 0.29) is 5.54 Å². The van der Waals surface area contributed by atoms with Crippen LogP contribution in [0.25, 0.3) is 0 Å². The minimum Gasteiger partial charge on any atom is -0.378 e. The van der Waals surface area contributed by atoms with Crippen molar-refractivity contribution in [3.05, 3.63) is 59.3 Å². The summed E-state index contributed by atoms with van der Waals surface area (Å²) in [7, 11) is 0. The van der Waals surface area contributed by atoms with Crippen molar-refractivity contribution in [2.24, 2.45) is 0 Å². The Balaban J connectivity index is 1.38. The Hall–Kier alpha value is -1.91. The number of morpholine rings is 1. The second-order valence-corrected chi connectivity index (χ2v) is 6.93. The summed E-state index contributed by atoms with van der Waals surface area (Å²) in [5.41, 5.74) is 4.14. The zero-order valence-electron chi connectivity index (χ0n) is 14.3. The normalized spacial score (nSPS) is 19.3. The van der Waals surface area contributed by atoms with Gasteiger partial charge in [-0.15, -0.1) is 0 Å². The number of ether oxygens (including phenoxy) is 1. The van der Waals surface area contributed by atoms with Crippen LogP contribution >= 0.6 is 0 Å². The maximum Gasteiger partial charge on any atom is 0.128 e. The van der Waals surface area contributed by atoms with Crippen LogP contribution in [0.1, 0.15) is 29.5 Å². The molecular weight excluding hydrogens is 298 g/mol. The van der Waals surface area contributed by atoms with Crippen LogP contribution in [0.5, 0.6) is 0 Å². The Morgan fingerprint density at radius 3 is 2.46 bits per heavy atom. The fourth-order valence-corrected chi connectivity index (χ4v) is 3.34. The van der Waals surface area contributed by atoms with Crippen molar-refractivity contribution >= 4 is 5.82 Å². The number of aromatic nitrogens is 1. The zero-order chi connectivity index (χ0) is 16.4. The number of nitrogens with one attached hydrogen (secondary N) is 1. The Morgan fingerprint density at radius 2 is 1.83 bits per heavy atom. The lowest BCUT2D eigenvalue weighted by molar-refractivity contribution is 0.122. The smallest absolute Gasteiger partial charge is 0.128 e. The highest BCUT2D eigenvalue weighted by Gasteiger charge is 2.43. The van der Waals surface area contributed by atoms with Crippen LogP contribution in [0.4, 0.5) is 5.82 Å². The molecule has 1 aliphatic heterocycles. The maximum atomic E-state index is 5.40. The van der Waals surface area contributed by atoms with E-state index < -0.39 is 0 Å². The number of nitrogens with zero attached hydrogens (tertiary/aromatic N) is 2. The molecule has 126 valence electrons. The summed E-state index contributed by atoms with van der Waals surface area (Å²) in [6, 6.07) is 13.2. The number of hydrogen-bond donors (Lipinski definition) is 1. The second kappa shape index (κ2) is 6.54. The van der Waals surface area contributed by atoms with Gasteiger partial charge < -0.3 is 15.0 Å². The lowest BCUT2D eigenvalue weighted by atomic mass is 10.0. The van der Waals surface area contributed by atoms with E-state index >= 15 is 0 Å². The minimum absolute atomic E-state index is 0.177. The molecule has 4 heteroatoms.